The van der Waals surface area contributed by atoms with Crippen molar-refractivity contribution in [1.82, 2.24) is 9.97 Å². The van der Waals surface area contributed by atoms with E-state index in [2.05, 4.69) is 41.4 Å². The molecule has 0 spiro atoms. The van der Waals surface area contributed by atoms with Gasteiger partial charge in [0, 0.05) is 31.7 Å². The van der Waals surface area contributed by atoms with Crippen LogP contribution in [0.5, 0.6) is 0 Å². The van der Waals surface area contributed by atoms with Crippen molar-refractivity contribution in [2.45, 2.75) is 9.79 Å². The van der Waals surface area contributed by atoms with E-state index >= 15 is 0 Å². The van der Waals surface area contributed by atoms with Crippen LogP contribution in [0.25, 0.3) is 55.5 Å². The third-order valence-corrected chi connectivity index (χ3v) is 9.02. The van der Waals surface area contributed by atoms with Gasteiger partial charge in [-0.15, -0.1) is 23.8 Å². The average Bonchev–Trinajstić information content (AvgIpc) is 3.44. The second kappa shape index (κ2) is 10.2. The number of aromatic nitrogens is 2. The van der Waals surface area contributed by atoms with Gasteiger partial charge in [-0.05, 0) is 62.7 Å². The first-order valence-electron chi connectivity index (χ1n) is 12.5. The van der Waals surface area contributed by atoms with Crippen molar-refractivity contribution >= 4 is 26.7 Å². The first-order valence-corrected chi connectivity index (χ1v) is 14.0. The summed E-state index contributed by atoms with van der Waals surface area (Å²) in [5.74, 6) is -0.990. The summed E-state index contributed by atoms with van der Waals surface area (Å²) in [5.41, 5.74) is 8.55. The molecule has 6 aromatic rings. The molecule has 41 heavy (non-hydrogen) atoms. The van der Waals surface area contributed by atoms with Crippen molar-refractivity contribution in [3.63, 3.8) is 0 Å². The Morgan fingerprint density at radius 2 is 1.39 bits per heavy atom. The van der Waals surface area contributed by atoms with Gasteiger partial charge in [-0.25, -0.2) is 18.2 Å². The van der Waals surface area contributed by atoms with Gasteiger partial charge in [0.2, 0.25) is 0 Å². The molecule has 1 aliphatic carbocycles. The van der Waals surface area contributed by atoms with Crippen molar-refractivity contribution in [2.75, 3.05) is 0 Å². The fraction of sp³-hybridized carbons (Fsp3) is 0. The summed E-state index contributed by atoms with van der Waals surface area (Å²) >= 11 is 0. The summed E-state index contributed by atoms with van der Waals surface area (Å²) < 4.78 is 26.3. The van der Waals surface area contributed by atoms with E-state index in [0.717, 1.165) is 27.7 Å². The quantitative estimate of drug-likeness (QED) is 0.194. The summed E-state index contributed by atoms with van der Waals surface area (Å²) in [5, 5.41) is 9.47. The Bertz CT molecular complexity index is 2110. The van der Waals surface area contributed by atoms with E-state index in [4.69, 9.17) is 10.1 Å². The van der Waals surface area contributed by atoms with Crippen LogP contribution in [-0.2, 0) is 29.9 Å². The molecule has 1 aliphatic heterocycles. The average molecular weight is 732 g/mol. The number of rotatable bonds is 2. The number of carboxylic acids is 1. The number of pyridine rings is 2. The summed E-state index contributed by atoms with van der Waals surface area (Å²) in [6.45, 7) is 0. The van der Waals surface area contributed by atoms with E-state index in [1.165, 1.54) is 29.0 Å². The van der Waals surface area contributed by atoms with Crippen LogP contribution in [0.1, 0.15) is 10.5 Å². The molecule has 1 radical (unpaired) electrons. The zero-order valence-electron chi connectivity index (χ0n) is 21.2. The summed E-state index contributed by atoms with van der Waals surface area (Å²) in [7, 11) is -3.54. The van der Waals surface area contributed by atoms with Crippen LogP contribution >= 0.6 is 0 Å². The van der Waals surface area contributed by atoms with E-state index in [1.807, 2.05) is 30.3 Å². The van der Waals surface area contributed by atoms with Gasteiger partial charge < -0.3 is 5.11 Å². The molecule has 8 rings (SSSR count). The zero-order valence-corrected chi connectivity index (χ0v) is 24.4. The SMILES string of the molecule is O=C(O)c1ccccn1.O=S1(=O)c2ccccc2-c2c[c-]c(-c3cc4c5c(cccc5n3)-c3ccccc3-4)cc21.[Ir]. The first-order chi connectivity index (χ1) is 19.4. The largest absolute Gasteiger partial charge is 0.477 e. The number of aromatic carboxylic acids is 1. The van der Waals surface area contributed by atoms with E-state index in [0.29, 0.717) is 20.9 Å². The van der Waals surface area contributed by atoms with Crippen LogP contribution in [0, 0.1) is 6.07 Å². The van der Waals surface area contributed by atoms with Gasteiger partial charge in [0.1, 0.15) is 5.69 Å². The number of benzene rings is 4. The van der Waals surface area contributed by atoms with Crippen molar-refractivity contribution in [3.8, 4) is 44.6 Å². The number of carbonyl (C=O) groups is 1. The normalized spacial score (nSPS) is 12.8. The number of hydrogen-bond acceptors (Lipinski definition) is 5. The second-order valence-electron chi connectivity index (χ2n) is 9.44. The zero-order chi connectivity index (χ0) is 27.4. The minimum Gasteiger partial charge on any atom is -0.477 e. The maximum Gasteiger partial charge on any atom is 0.354 e. The Morgan fingerprint density at radius 3 is 2.10 bits per heavy atom. The number of fused-ring (bicyclic) bond motifs is 6. The predicted octanol–water partition coefficient (Wildman–Crippen LogP) is 6.94. The van der Waals surface area contributed by atoms with Crippen molar-refractivity contribution < 1.29 is 38.4 Å². The molecule has 0 saturated heterocycles. The number of sulfone groups is 1. The molecule has 8 heteroatoms. The van der Waals surface area contributed by atoms with Gasteiger partial charge in [-0.1, -0.05) is 72.3 Å². The first kappa shape index (κ1) is 26.7. The van der Waals surface area contributed by atoms with Gasteiger partial charge in [-0.2, -0.15) is 0 Å². The summed E-state index contributed by atoms with van der Waals surface area (Å²) in [4.78, 5) is 19.3. The minimum atomic E-state index is -3.54. The Morgan fingerprint density at radius 1 is 0.707 bits per heavy atom. The standard InChI is InChI=1S/C27H14NO2S.C6H5NO2.Ir/c29-31(30)25-11-4-3-8-19(25)20-13-12-16(14-26(20)31)24-15-22-18-7-2-1-6-17(18)21-9-5-10-23(28-24)27(21)22;8-6(9)5-3-1-2-4-7-5;/h1-11,13-15H;1-4H,(H,8,9);/q-1;;. The van der Waals surface area contributed by atoms with Crippen LogP contribution in [-0.4, -0.2) is 29.5 Å². The molecule has 2 aromatic heterocycles. The van der Waals surface area contributed by atoms with Gasteiger partial charge >= 0.3 is 5.97 Å². The summed E-state index contributed by atoms with van der Waals surface area (Å²) in [6.07, 6.45) is 1.45. The molecule has 0 amide bonds. The van der Waals surface area contributed by atoms with Crippen molar-refractivity contribution in [1.29, 1.82) is 0 Å². The van der Waals surface area contributed by atoms with E-state index in [1.54, 1.807) is 36.4 Å². The fourth-order valence-electron chi connectivity index (χ4n) is 5.40. The smallest absolute Gasteiger partial charge is 0.354 e. The molecule has 0 fully saturated rings. The molecule has 0 saturated carbocycles. The number of hydrogen-bond donors (Lipinski definition) is 1. The molecule has 0 bridgehead atoms. The van der Waals surface area contributed by atoms with Crippen LogP contribution in [0.15, 0.2) is 119 Å². The van der Waals surface area contributed by atoms with Crippen molar-refractivity contribution in [2.24, 2.45) is 0 Å². The molecular weight excluding hydrogens is 713 g/mol. The topological polar surface area (TPSA) is 97.2 Å². The van der Waals surface area contributed by atoms with Crippen LogP contribution < -0.4 is 0 Å². The Kier molecular flexibility index (Phi) is 6.62. The number of carboxylic acid groups (broad SMARTS) is 1. The molecule has 201 valence electrons. The molecule has 2 aliphatic rings. The predicted molar refractivity (Wildman–Crippen MR) is 153 cm³/mol. The van der Waals surface area contributed by atoms with Gasteiger partial charge in [0.25, 0.3) is 0 Å². The molecule has 0 unspecified atom stereocenters. The van der Waals surface area contributed by atoms with Gasteiger partial charge in [0.05, 0.1) is 10.4 Å². The number of nitrogens with zero attached hydrogens (tertiary/aromatic N) is 2. The Balaban J connectivity index is 0.000000262. The maximum atomic E-state index is 13.1. The van der Waals surface area contributed by atoms with Crippen molar-refractivity contribution in [3.05, 3.63) is 121 Å². The molecule has 1 N–H and O–H groups in total. The van der Waals surface area contributed by atoms with Gasteiger partial charge in [-0.3, -0.25) is 4.98 Å². The Labute approximate surface area is 249 Å². The monoisotopic (exact) mass is 732 g/mol. The Hall–Kier alpha value is -4.49. The maximum absolute atomic E-state index is 13.1. The van der Waals surface area contributed by atoms with E-state index in [-0.39, 0.29) is 25.8 Å². The van der Waals surface area contributed by atoms with E-state index in [9.17, 15) is 13.2 Å². The minimum absolute atomic E-state index is 0. The van der Waals surface area contributed by atoms with Crippen LogP contribution in [0.4, 0.5) is 0 Å². The third kappa shape index (κ3) is 4.28. The van der Waals surface area contributed by atoms with Crippen LogP contribution in [0.2, 0.25) is 0 Å². The molecule has 4 aromatic carbocycles. The third-order valence-electron chi connectivity index (χ3n) is 7.17. The second-order valence-corrected chi connectivity index (χ2v) is 11.3. The molecular formula is C33H19IrN2O4S-. The summed E-state index contributed by atoms with van der Waals surface area (Å²) in [6, 6.07) is 35.3. The molecule has 6 nitrogen and oxygen atoms in total. The van der Waals surface area contributed by atoms with E-state index < -0.39 is 15.8 Å². The fourth-order valence-corrected chi connectivity index (χ4v) is 7.09. The van der Waals surface area contributed by atoms with Crippen LogP contribution in [0.3, 0.4) is 0 Å². The molecule has 3 heterocycles. The molecule has 0 atom stereocenters. The van der Waals surface area contributed by atoms with Gasteiger partial charge in [0.15, 0.2) is 9.84 Å².